The molecule has 3 N–H and O–H groups in total. The lowest BCUT2D eigenvalue weighted by atomic mass is 9.87. The second kappa shape index (κ2) is 15.5. The average Bonchev–Trinajstić information content (AvgIpc) is 2.54. The van der Waals surface area contributed by atoms with Crippen LogP contribution in [-0.2, 0) is 0 Å². The summed E-state index contributed by atoms with van der Waals surface area (Å²) >= 11 is 0. The zero-order chi connectivity index (χ0) is 16.0. The van der Waals surface area contributed by atoms with Gasteiger partial charge < -0.3 is 15.7 Å². The standard InChI is InChI=1S/C18H37N3O.HI/c1-3-8-17(12-14-22)15-21-18(19-4-2)20-13-11-16-9-6-5-7-10-16;/h16-17,22H,3-15H2,1-2H3,(H2,19,20,21);1H. The van der Waals surface area contributed by atoms with Crippen molar-refractivity contribution >= 4 is 29.9 Å². The Morgan fingerprint density at radius 2 is 1.87 bits per heavy atom. The molecule has 5 heteroatoms. The first-order valence-corrected chi connectivity index (χ1v) is 9.43. The van der Waals surface area contributed by atoms with E-state index in [1.165, 1.54) is 38.5 Å². The van der Waals surface area contributed by atoms with E-state index in [9.17, 15) is 0 Å². The average molecular weight is 439 g/mol. The lowest BCUT2D eigenvalue weighted by molar-refractivity contribution is 0.253. The maximum absolute atomic E-state index is 9.14. The van der Waals surface area contributed by atoms with Gasteiger partial charge in [0.05, 0.1) is 0 Å². The third-order valence-electron chi connectivity index (χ3n) is 4.66. The number of nitrogens with zero attached hydrogens (tertiary/aromatic N) is 1. The fourth-order valence-corrected chi connectivity index (χ4v) is 3.35. The van der Waals surface area contributed by atoms with E-state index in [1.54, 1.807) is 0 Å². The van der Waals surface area contributed by atoms with Crippen LogP contribution in [0.5, 0.6) is 0 Å². The van der Waals surface area contributed by atoms with E-state index in [-0.39, 0.29) is 30.6 Å². The number of aliphatic hydroxyl groups is 1. The highest BCUT2D eigenvalue weighted by Crippen LogP contribution is 2.25. The van der Waals surface area contributed by atoms with Crippen LogP contribution in [0.25, 0.3) is 0 Å². The van der Waals surface area contributed by atoms with E-state index in [1.807, 2.05) is 0 Å². The highest BCUT2D eigenvalue weighted by Gasteiger charge is 2.13. The molecule has 0 aromatic rings. The van der Waals surface area contributed by atoms with Crippen LogP contribution in [0.15, 0.2) is 4.99 Å². The Balaban J connectivity index is 0.00000484. The zero-order valence-corrected chi connectivity index (χ0v) is 17.5. The van der Waals surface area contributed by atoms with Crippen LogP contribution in [0.2, 0.25) is 0 Å². The van der Waals surface area contributed by atoms with Crippen LogP contribution in [0, 0.1) is 11.8 Å². The highest BCUT2D eigenvalue weighted by molar-refractivity contribution is 14.0. The van der Waals surface area contributed by atoms with E-state index in [2.05, 4.69) is 24.5 Å². The maximum atomic E-state index is 9.14. The van der Waals surface area contributed by atoms with Crippen LogP contribution < -0.4 is 10.6 Å². The van der Waals surface area contributed by atoms with E-state index in [4.69, 9.17) is 10.1 Å². The molecule has 1 aliphatic carbocycles. The molecule has 1 rings (SSSR count). The molecule has 0 aliphatic heterocycles. The van der Waals surface area contributed by atoms with Gasteiger partial charge in [-0.2, -0.15) is 0 Å². The fourth-order valence-electron chi connectivity index (χ4n) is 3.35. The summed E-state index contributed by atoms with van der Waals surface area (Å²) in [6, 6.07) is 0. The van der Waals surface area contributed by atoms with Crippen LogP contribution in [-0.4, -0.2) is 37.3 Å². The molecule has 1 saturated carbocycles. The molecule has 138 valence electrons. The lowest BCUT2D eigenvalue weighted by Crippen LogP contribution is -2.38. The minimum absolute atomic E-state index is 0. The van der Waals surface area contributed by atoms with Gasteiger partial charge in [-0.1, -0.05) is 45.4 Å². The largest absolute Gasteiger partial charge is 0.396 e. The normalized spacial score (nSPS) is 17.4. The Morgan fingerprint density at radius 3 is 2.48 bits per heavy atom. The Labute approximate surface area is 160 Å². The van der Waals surface area contributed by atoms with Crippen LogP contribution in [0.1, 0.15) is 71.6 Å². The van der Waals surface area contributed by atoms with Crippen molar-refractivity contribution in [3.05, 3.63) is 0 Å². The number of aliphatic imine (C=N–C) groups is 1. The van der Waals surface area contributed by atoms with Gasteiger partial charge in [-0.05, 0) is 38.0 Å². The van der Waals surface area contributed by atoms with Crippen LogP contribution >= 0.6 is 24.0 Å². The van der Waals surface area contributed by atoms with Gasteiger partial charge in [0.2, 0.25) is 0 Å². The first-order chi connectivity index (χ1) is 10.8. The van der Waals surface area contributed by atoms with Crippen molar-refractivity contribution in [1.82, 2.24) is 10.6 Å². The molecule has 0 spiro atoms. The molecule has 4 nitrogen and oxygen atoms in total. The van der Waals surface area contributed by atoms with E-state index in [0.29, 0.717) is 5.92 Å². The molecule has 0 aromatic carbocycles. The quantitative estimate of drug-likeness (QED) is 0.275. The third-order valence-corrected chi connectivity index (χ3v) is 4.66. The number of hydrogen-bond acceptors (Lipinski definition) is 2. The van der Waals surface area contributed by atoms with Crippen molar-refractivity contribution in [2.24, 2.45) is 16.8 Å². The summed E-state index contributed by atoms with van der Waals surface area (Å²) in [5.41, 5.74) is 0. The summed E-state index contributed by atoms with van der Waals surface area (Å²) in [6.45, 7) is 7.30. The second-order valence-electron chi connectivity index (χ2n) is 6.61. The predicted molar refractivity (Wildman–Crippen MR) is 111 cm³/mol. The summed E-state index contributed by atoms with van der Waals surface area (Å²) in [6.07, 6.45) is 11.5. The zero-order valence-electron chi connectivity index (χ0n) is 15.1. The SMILES string of the molecule is CCCC(CCO)CN=C(NCC)NCCC1CCCCC1.I. The summed E-state index contributed by atoms with van der Waals surface area (Å²) in [5.74, 6) is 2.35. The van der Waals surface area contributed by atoms with Gasteiger partial charge in [0.15, 0.2) is 5.96 Å². The van der Waals surface area contributed by atoms with Crippen LogP contribution in [0.4, 0.5) is 0 Å². The van der Waals surface area contributed by atoms with Crippen molar-refractivity contribution in [2.45, 2.75) is 71.6 Å². The summed E-state index contributed by atoms with van der Waals surface area (Å²) < 4.78 is 0. The van der Waals surface area contributed by atoms with Gasteiger partial charge in [0, 0.05) is 26.2 Å². The summed E-state index contributed by atoms with van der Waals surface area (Å²) in [7, 11) is 0. The minimum atomic E-state index is 0. The van der Waals surface area contributed by atoms with Gasteiger partial charge >= 0.3 is 0 Å². The van der Waals surface area contributed by atoms with Gasteiger partial charge in [0.1, 0.15) is 0 Å². The molecule has 0 aromatic heterocycles. The highest BCUT2D eigenvalue weighted by atomic mass is 127. The Kier molecular flexibility index (Phi) is 15.5. The van der Waals surface area contributed by atoms with Crippen molar-refractivity contribution in [3.8, 4) is 0 Å². The van der Waals surface area contributed by atoms with E-state index in [0.717, 1.165) is 50.8 Å². The van der Waals surface area contributed by atoms with Crippen molar-refractivity contribution < 1.29 is 5.11 Å². The molecule has 0 bridgehead atoms. The number of nitrogens with one attached hydrogen (secondary N) is 2. The van der Waals surface area contributed by atoms with Gasteiger partial charge in [-0.25, -0.2) is 0 Å². The lowest BCUT2D eigenvalue weighted by Gasteiger charge is -2.22. The molecule has 0 amide bonds. The molecule has 1 aliphatic rings. The van der Waals surface area contributed by atoms with Crippen molar-refractivity contribution in [2.75, 3.05) is 26.2 Å². The molecular formula is C18H38IN3O. The second-order valence-corrected chi connectivity index (χ2v) is 6.61. The fraction of sp³-hybridized carbons (Fsp3) is 0.944. The monoisotopic (exact) mass is 439 g/mol. The minimum Gasteiger partial charge on any atom is -0.396 e. The Bertz CT molecular complexity index is 288. The van der Waals surface area contributed by atoms with E-state index < -0.39 is 0 Å². The third kappa shape index (κ3) is 11.2. The van der Waals surface area contributed by atoms with Gasteiger partial charge in [-0.15, -0.1) is 24.0 Å². The van der Waals surface area contributed by atoms with Gasteiger partial charge in [-0.3, -0.25) is 4.99 Å². The number of guanidine groups is 1. The molecule has 0 saturated heterocycles. The first-order valence-electron chi connectivity index (χ1n) is 9.43. The number of hydrogen-bond donors (Lipinski definition) is 3. The number of rotatable bonds is 10. The molecule has 0 radical (unpaired) electrons. The Morgan fingerprint density at radius 1 is 1.13 bits per heavy atom. The Hall–Kier alpha value is -0.0400. The molecule has 0 heterocycles. The first kappa shape index (κ1) is 23.0. The number of halogens is 1. The van der Waals surface area contributed by atoms with Crippen molar-refractivity contribution in [3.63, 3.8) is 0 Å². The number of aliphatic hydroxyl groups excluding tert-OH is 1. The molecule has 1 fully saturated rings. The summed E-state index contributed by atoms with van der Waals surface area (Å²) in [4.78, 5) is 4.72. The molecule has 1 atom stereocenters. The van der Waals surface area contributed by atoms with Gasteiger partial charge in [0.25, 0.3) is 0 Å². The van der Waals surface area contributed by atoms with E-state index >= 15 is 0 Å². The van der Waals surface area contributed by atoms with Crippen LogP contribution in [0.3, 0.4) is 0 Å². The molecular weight excluding hydrogens is 401 g/mol. The molecule has 23 heavy (non-hydrogen) atoms. The summed E-state index contributed by atoms with van der Waals surface area (Å²) in [5, 5.41) is 16.0. The topological polar surface area (TPSA) is 56.7 Å². The predicted octanol–water partition coefficient (Wildman–Crippen LogP) is 3.93. The smallest absolute Gasteiger partial charge is 0.191 e. The maximum Gasteiger partial charge on any atom is 0.191 e. The molecule has 1 unspecified atom stereocenters. The van der Waals surface area contributed by atoms with Crippen molar-refractivity contribution in [1.29, 1.82) is 0 Å².